The highest BCUT2D eigenvalue weighted by molar-refractivity contribution is 5.96. The van der Waals surface area contributed by atoms with Crippen LogP contribution >= 0.6 is 0 Å². The Kier molecular flexibility index (Phi) is 7.45. The number of carboxylic acids is 1. The van der Waals surface area contributed by atoms with E-state index in [9.17, 15) is 14.7 Å². The van der Waals surface area contributed by atoms with Crippen LogP contribution in [-0.4, -0.2) is 32.6 Å². The maximum absolute atomic E-state index is 13.1. The van der Waals surface area contributed by atoms with Crippen LogP contribution in [0.3, 0.4) is 0 Å². The fraction of sp³-hybridized carbons (Fsp3) is 0.323. The van der Waals surface area contributed by atoms with Crippen LogP contribution in [0.2, 0.25) is 0 Å². The number of imidazole rings is 1. The van der Waals surface area contributed by atoms with E-state index in [0.29, 0.717) is 5.56 Å². The lowest BCUT2D eigenvalue weighted by molar-refractivity contribution is 0.0697. The second kappa shape index (κ2) is 11.1. The number of aromatic nitrogens is 2. The highest BCUT2D eigenvalue weighted by Gasteiger charge is 2.25. The number of nitrogens with one attached hydrogen (secondary N) is 1. The largest absolute Gasteiger partial charge is 0.478 e. The Morgan fingerprint density at radius 1 is 1.05 bits per heavy atom. The molecule has 38 heavy (non-hydrogen) atoms. The summed E-state index contributed by atoms with van der Waals surface area (Å²) in [7, 11) is 0. The standard InChI is InChI=1S/C31H33N3O4/c1-3-23-19-34-27(18-13-20(2)29(34)32-23)28(38-31(37)33-24-9-5-4-6-10-24)22-16-14-21(15-17-22)25-11-7-8-12-26(25)30(35)36/h7-8,11-19,24,28H,3-6,9-10H2,1-2H3,(H,33,37)(H,35,36). The molecular formula is C31H33N3O4. The van der Waals surface area contributed by atoms with Crippen LogP contribution in [0.1, 0.15) is 78.0 Å². The maximum Gasteiger partial charge on any atom is 0.408 e. The van der Waals surface area contributed by atoms with E-state index in [1.54, 1.807) is 18.2 Å². The number of hydrogen-bond acceptors (Lipinski definition) is 4. The van der Waals surface area contributed by atoms with Gasteiger partial charge in [-0.25, -0.2) is 14.6 Å². The van der Waals surface area contributed by atoms with Gasteiger partial charge in [0, 0.05) is 12.2 Å². The summed E-state index contributed by atoms with van der Waals surface area (Å²) in [6, 6.07) is 18.6. The van der Waals surface area contributed by atoms with Gasteiger partial charge in [-0.1, -0.05) is 74.7 Å². The number of pyridine rings is 1. The molecule has 2 aromatic carbocycles. The third kappa shape index (κ3) is 5.28. The summed E-state index contributed by atoms with van der Waals surface area (Å²) in [6.45, 7) is 4.09. The van der Waals surface area contributed by atoms with Crippen molar-refractivity contribution in [1.29, 1.82) is 0 Å². The van der Waals surface area contributed by atoms with Crippen LogP contribution < -0.4 is 5.32 Å². The molecule has 1 atom stereocenters. The van der Waals surface area contributed by atoms with Crippen LogP contribution in [0, 0.1) is 6.92 Å². The number of carbonyl (C=O) groups excluding carboxylic acids is 1. The average Bonchev–Trinajstić information content (AvgIpc) is 3.39. The highest BCUT2D eigenvalue weighted by Crippen LogP contribution is 2.31. The number of alkyl carbamates (subject to hydrolysis) is 1. The molecule has 0 spiro atoms. The Morgan fingerprint density at radius 3 is 2.50 bits per heavy atom. The second-order valence-corrected chi connectivity index (χ2v) is 9.96. The van der Waals surface area contributed by atoms with Gasteiger partial charge in [0.2, 0.25) is 0 Å². The Bertz CT molecular complexity index is 1450. The smallest absolute Gasteiger partial charge is 0.408 e. The van der Waals surface area contributed by atoms with E-state index in [-0.39, 0.29) is 11.6 Å². The number of benzene rings is 2. The summed E-state index contributed by atoms with van der Waals surface area (Å²) in [5.74, 6) is -0.973. The zero-order valence-corrected chi connectivity index (χ0v) is 21.8. The van der Waals surface area contributed by atoms with Gasteiger partial charge >= 0.3 is 12.1 Å². The highest BCUT2D eigenvalue weighted by atomic mass is 16.6. The Morgan fingerprint density at radius 2 is 1.79 bits per heavy atom. The predicted octanol–water partition coefficient (Wildman–Crippen LogP) is 6.72. The van der Waals surface area contributed by atoms with Gasteiger partial charge in [-0.15, -0.1) is 0 Å². The van der Waals surface area contributed by atoms with E-state index < -0.39 is 18.2 Å². The van der Waals surface area contributed by atoms with Crippen molar-refractivity contribution < 1.29 is 19.4 Å². The van der Waals surface area contributed by atoms with E-state index in [4.69, 9.17) is 9.72 Å². The minimum Gasteiger partial charge on any atom is -0.478 e. The van der Waals surface area contributed by atoms with Crippen molar-refractivity contribution >= 4 is 17.7 Å². The molecular weight excluding hydrogens is 478 g/mol. The number of aromatic carboxylic acids is 1. The molecule has 0 radical (unpaired) electrons. The molecule has 0 bridgehead atoms. The van der Waals surface area contributed by atoms with Crippen molar-refractivity contribution in [2.75, 3.05) is 0 Å². The molecule has 5 rings (SSSR count). The van der Waals surface area contributed by atoms with Gasteiger partial charge in [-0.05, 0) is 60.6 Å². The van der Waals surface area contributed by atoms with E-state index >= 15 is 0 Å². The summed E-state index contributed by atoms with van der Waals surface area (Å²) >= 11 is 0. The average molecular weight is 512 g/mol. The molecule has 7 heteroatoms. The van der Waals surface area contributed by atoms with Crippen LogP contribution in [0.25, 0.3) is 16.8 Å². The number of ether oxygens (including phenoxy) is 1. The zero-order valence-electron chi connectivity index (χ0n) is 21.8. The number of carbonyl (C=O) groups is 2. The predicted molar refractivity (Wildman–Crippen MR) is 146 cm³/mol. The molecule has 1 saturated carbocycles. The van der Waals surface area contributed by atoms with Crippen LogP contribution in [0.4, 0.5) is 4.79 Å². The van der Waals surface area contributed by atoms with Gasteiger partial charge in [0.15, 0.2) is 6.10 Å². The van der Waals surface area contributed by atoms with E-state index in [1.807, 2.05) is 60.0 Å². The van der Waals surface area contributed by atoms with Crippen LogP contribution in [0.15, 0.2) is 66.9 Å². The van der Waals surface area contributed by atoms with Crippen LogP contribution in [0.5, 0.6) is 0 Å². The molecule has 7 nitrogen and oxygen atoms in total. The first-order valence-corrected chi connectivity index (χ1v) is 13.3. The molecule has 1 fully saturated rings. The lowest BCUT2D eigenvalue weighted by atomic mass is 9.96. The number of aryl methyl sites for hydroxylation is 2. The molecule has 1 unspecified atom stereocenters. The first-order valence-electron chi connectivity index (χ1n) is 13.3. The lowest BCUT2D eigenvalue weighted by Crippen LogP contribution is -2.37. The van der Waals surface area contributed by atoms with Gasteiger partial charge in [0.25, 0.3) is 0 Å². The summed E-state index contributed by atoms with van der Waals surface area (Å²) in [6.07, 6.45) is 7.05. The number of carboxylic acid groups (broad SMARTS) is 1. The Labute approximate surface area is 222 Å². The quantitative estimate of drug-likeness (QED) is 0.287. The second-order valence-electron chi connectivity index (χ2n) is 9.96. The van der Waals surface area contributed by atoms with E-state index in [0.717, 1.165) is 65.8 Å². The van der Waals surface area contributed by atoms with Crippen molar-refractivity contribution in [3.8, 4) is 11.1 Å². The molecule has 2 N–H and O–H groups in total. The molecule has 4 aromatic rings. The third-order valence-electron chi connectivity index (χ3n) is 7.36. The van der Waals surface area contributed by atoms with Gasteiger partial charge < -0.3 is 15.2 Å². The molecule has 0 aliphatic heterocycles. The number of amides is 1. The van der Waals surface area contributed by atoms with Gasteiger partial charge in [-0.2, -0.15) is 0 Å². The number of fused-ring (bicyclic) bond motifs is 1. The van der Waals surface area contributed by atoms with Crippen molar-refractivity contribution in [3.05, 3.63) is 94.9 Å². The minimum atomic E-state index is -0.973. The van der Waals surface area contributed by atoms with Crippen molar-refractivity contribution in [2.45, 2.75) is 64.5 Å². The van der Waals surface area contributed by atoms with Crippen molar-refractivity contribution in [1.82, 2.24) is 14.7 Å². The van der Waals surface area contributed by atoms with Gasteiger partial charge in [0.05, 0.1) is 17.0 Å². The Balaban J connectivity index is 1.53. The summed E-state index contributed by atoms with van der Waals surface area (Å²) in [4.78, 5) is 29.6. The topological polar surface area (TPSA) is 92.9 Å². The molecule has 0 saturated heterocycles. The summed E-state index contributed by atoms with van der Waals surface area (Å²) in [5, 5.41) is 12.7. The monoisotopic (exact) mass is 511 g/mol. The summed E-state index contributed by atoms with van der Waals surface area (Å²) in [5.41, 5.74) is 6.10. The molecule has 1 aliphatic carbocycles. The first kappa shape index (κ1) is 25.5. The minimum absolute atomic E-state index is 0.129. The third-order valence-corrected chi connectivity index (χ3v) is 7.36. The number of nitrogens with zero attached hydrogens (tertiary/aromatic N) is 2. The number of hydrogen-bond donors (Lipinski definition) is 2. The van der Waals surface area contributed by atoms with E-state index in [1.165, 1.54) is 6.42 Å². The van der Waals surface area contributed by atoms with E-state index in [2.05, 4.69) is 12.2 Å². The SMILES string of the molecule is CCc1cn2c(C(OC(=O)NC3CCCCC3)c3ccc(-c4ccccc4C(=O)O)cc3)ccc(C)c2n1. The normalized spacial score (nSPS) is 14.8. The Hall–Kier alpha value is -4.13. The lowest BCUT2D eigenvalue weighted by Gasteiger charge is -2.25. The molecule has 196 valence electrons. The van der Waals surface area contributed by atoms with Gasteiger partial charge in [0.1, 0.15) is 5.65 Å². The zero-order chi connectivity index (χ0) is 26.6. The molecule has 2 heterocycles. The molecule has 1 aliphatic rings. The van der Waals surface area contributed by atoms with Gasteiger partial charge in [-0.3, -0.25) is 4.40 Å². The maximum atomic E-state index is 13.1. The van der Waals surface area contributed by atoms with Crippen LogP contribution in [-0.2, 0) is 11.2 Å². The molecule has 1 amide bonds. The fourth-order valence-corrected chi connectivity index (χ4v) is 5.27. The molecule has 2 aromatic heterocycles. The van der Waals surface area contributed by atoms with Crippen molar-refractivity contribution in [3.63, 3.8) is 0 Å². The fourth-order valence-electron chi connectivity index (χ4n) is 5.27. The first-order chi connectivity index (χ1) is 18.4. The summed E-state index contributed by atoms with van der Waals surface area (Å²) < 4.78 is 8.15. The number of rotatable bonds is 7. The van der Waals surface area contributed by atoms with Crippen molar-refractivity contribution in [2.24, 2.45) is 0 Å².